The standard InChI is InChI=1S/C41H38N10O2Si/c1-6-52-54(53-25(23-48(2)3)24-49(4)5)50-38-30-19-11-12-20-31(30)40(50)46-36-28-17-9-10-18-29(28)37(43-36)47-41-33-22-14-13-21-32(33)39(51(41)54)45-35-27-16-8-7-15-26(27)34(42-35)44-38/h7-22,25H,6,23-24H2,1-5H3. The van der Waals surface area contributed by atoms with Crippen LogP contribution in [0.2, 0.25) is 0 Å². The number of hydrogen-bond donors (Lipinski definition) is 0. The first-order valence-corrected chi connectivity index (χ1v) is 19.9. The number of nitrogens with zero attached hydrogens (tertiary/aromatic N) is 10. The second-order valence-electron chi connectivity index (χ2n) is 14.4. The summed E-state index contributed by atoms with van der Waals surface area (Å²) in [6.07, 6.45) is -0.311. The molecule has 1 unspecified atom stereocenters. The summed E-state index contributed by atoms with van der Waals surface area (Å²) in [7, 11) is 4.13. The average molecular weight is 731 g/mol. The highest BCUT2D eigenvalue weighted by molar-refractivity contribution is 6.66. The van der Waals surface area contributed by atoms with E-state index in [2.05, 4.69) is 95.0 Å². The summed E-state index contributed by atoms with van der Waals surface area (Å²) < 4.78 is 19.4. The molecular formula is C41H38N10O2Si. The predicted octanol–water partition coefficient (Wildman–Crippen LogP) is 4.92. The van der Waals surface area contributed by atoms with Gasteiger partial charge in [0.2, 0.25) is 0 Å². The minimum Gasteiger partial charge on any atom is -0.361 e. The lowest BCUT2D eigenvalue weighted by molar-refractivity contribution is 0.0647. The van der Waals surface area contributed by atoms with Gasteiger partial charge in [-0.05, 0) is 35.1 Å². The van der Waals surface area contributed by atoms with Crippen LogP contribution in [-0.4, -0.2) is 104 Å². The van der Waals surface area contributed by atoms with E-state index >= 15 is 0 Å². The molecule has 13 heteroatoms. The number of aromatic nitrogens is 2. The summed E-state index contributed by atoms with van der Waals surface area (Å²) in [5, 5.41) is 3.58. The second kappa shape index (κ2) is 12.4. The quantitative estimate of drug-likeness (QED) is 0.207. The average Bonchev–Trinajstić information content (AvgIpc) is 3.87. The van der Waals surface area contributed by atoms with Gasteiger partial charge in [-0.25, -0.2) is 30.0 Å². The highest BCUT2D eigenvalue weighted by Gasteiger charge is 2.54. The van der Waals surface area contributed by atoms with Gasteiger partial charge in [0.1, 0.15) is 22.6 Å². The fraction of sp³-hybridized carbons (Fsp3) is 0.220. The lowest BCUT2D eigenvalue weighted by Crippen LogP contribution is -2.66. The van der Waals surface area contributed by atoms with Gasteiger partial charge >= 0.3 is 8.88 Å². The minimum absolute atomic E-state index is 0.311. The van der Waals surface area contributed by atoms with E-state index in [-0.39, 0.29) is 6.10 Å². The molecule has 54 heavy (non-hydrogen) atoms. The van der Waals surface area contributed by atoms with Gasteiger partial charge in [0.25, 0.3) is 0 Å². The molecule has 1 atom stereocenters. The summed E-state index contributed by atoms with van der Waals surface area (Å²) >= 11 is 0. The lowest BCUT2D eigenvalue weighted by Gasteiger charge is -2.37. The second-order valence-corrected chi connectivity index (χ2v) is 16.9. The molecule has 0 saturated heterocycles. The van der Waals surface area contributed by atoms with Crippen molar-refractivity contribution in [1.29, 1.82) is 0 Å². The smallest absolute Gasteiger partial charge is 0.361 e. The molecule has 10 rings (SSSR count). The van der Waals surface area contributed by atoms with Crippen LogP contribution in [-0.2, 0) is 8.85 Å². The first-order valence-electron chi connectivity index (χ1n) is 18.2. The van der Waals surface area contributed by atoms with Crippen LogP contribution in [0, 0.1) is 0 Å². The Morgan fingerprint density at radius 1 is 0.519 bits per heavy atom. The predicted molar refractivity (Wildman–Crippen MR) is 215 cm³/mol. The zero-order valence-corrected chi connectivity index (χ0v) is 31.7. The van der Waals surface area contributed by atoms with Crippen LogP contribution in [0.25, 0.3) is 21.5 Å². The monoisotopic (exact) mass is 730 g/mol. The van der Waals surface area contributed by atoms with Crippen LogP contribution in [0.15, 0.2) is 127 Å². The molecule has 0 aliphatic carbocycles. The zero-order valence-electron chi connectivity index (χ0n) is 30.7. The first kappa shape index (κ1) is 32.9. The van der Waals surface area contributed by atoms with Crippen molar-refractivity contribution in [2.24, 2.45) is 30.0 Å². The molecule has 0 saturated carbocycles. The van der Waals surface area contributed by atoms with E-state index < -0.39 is 8.88 Å². The Labute approximate surface area is 312 Å². The summed E-state index contributed by atoms with van der Waals surface area (Å²) in [6.45, 7) is 3.61. The fourth-order valence-electron chi connectivity index (χ4n) is 8.06. The third-order valence-electron chi connectivity index (χ3n) is 10.1. The number of benzene rings is 4. The maximum atomic E-state index is 7.80. The molecule has 6 aromatic rings. The van der Waals surface area contributed by atoms with E-state index in [1.54, 1.807) is 0 Å². The molecule has 6 heterocycles. The molecule has 4 aliphatic rings. The topological polar surface area (TPSA) is 109 Å². The number of rotatable bonds is 8. The van der Waals surface area contributed by atoms with E-state index in [1.807, 2.05) is 55.5 Å². The van der Waals surface area contributed by atoms with Gasteiger partial charge in [-0.15, -0.1) is 0 Å². The Morgan fingerprint density at radius 3 is 1.31 bits per heavy atom. The van der Waals surface area contributed by atoms with E-state index in [0.29, 0.717) is 65.7 Å². The van der Waals surface area contributed by atoms with E-state index in [0.717, 1.165) is 43.8 Å². The van der Waals surface area contributed by atoms with Crippen molar-refractivity contribution in [3.8, 4) is 0 Å². The van der Waals surface area contributed by atoms with E-state index in [1.165, 1.54) is 0 Å². The van der Waals surface area contributed by atoms with Gasteiger partial charge in [-0.1, -0.05) is 97.1 Å². The molecule has 4 aliphatic heterocycles. The summed E-state index contributed by atoms with van der Waals surface area (Å²) in [4.78, 5) is 36.5. The van der Waals surface area contributed by atoms with Crippen molar-refractivity contribution in [2.75, 3.05) is 47.9 Å². The van der Waals surface area contributed by atoms with Crippen molar-refractivity contribution >= 4 is 65.4 Å². The number of fused-ring (bicyclic) bond motifs is 14. The molecule has 0 spiro atoms. The van der Waals surface area contributed by atoms with Gasteiger partial charge in [0, 0.05) is 63.5 Å². The molecule has 0 fully saturated rings. The molecule has 0 N–H and O–H groups in total. The minimum atomic E-state index is -4.14. The van der Waals surface area contributed by atoms with E-state index in [4.69, 9.17) is 38.8 Å². The third kappa shape index (κ3) is 4.90. The maximum Gasteiger partial charge on any atom is 0.603 e. The molecule has 12 nitrogen and oxygen atoms in total. The van der Waals surface area contributed by atoms with Crippen LogP contribution in [0.1, 0.15) is 29.2 Å². The van der Waals surface area contributed by atoms with Crippen molar-refractivity contribution < 1.29 is 8.85 Å². The first-order chi connectivity index (χ1) is 26.3. The number of likely N-dealkylation sites (N-methyl/N-ethyl adjacent to an activating group) is 2. The van der Waals surface area contributed by atoms with Crippen molar-refractivity contribution in [2.45, 2.75) is 13.0 Å². The molecular weight excluding hydrogens is 693 g/mol. The van der Waals surface area contributed by atoms with E-state index in [9.17, 15) is 0 Å². The van der Waals surface area contributed by atoms with Crippen LogP contribution in [0.4, 0.5) is 11.6 Å². The highest BCUT2D eigenvalue weighted by atomic mass is 28.4. The number of hydrogen-bond acceptors (Lipinski definition) is 10. The number of aliphatic imine (C=N–C) groups is 4. The van der Waals surface area contributed by atoms with Gasteiger partial charge in [-0.3, -0.25) is 8.47 Å². The van der Waals surface area contributed by atoms with Gasteiger partial charge in [-0.2, -0.15) is 0 Å². The van der Waals surface area contributed by atoms with Crippen molar-refractivity contribution in [3.63, 3.8) is 0 Å². The highest BCUT2D eigenvalue weighted by Crippen LogP contribution is 2.43. The molecule has 268 valence electrons. The third-order valence-corrected chi connectivity index (χ3v) is 13.4. The Balaban J connectivity index is 1.49. The summed E-state index contributed by atoms with van der Waals surface area (Å²) in [5.74, 6) is 3.55. The summed E-state index contributed by atoms with van der Waals surface area (Å²) in [6, 6.07) is 32.8. The van der Waals surface area contributed by atoms with Crippen molar-refractivity contribution in [1.82, 2.24) is 18.3 Å². The normalized spacial score (nSPS) is 17.9. The molecule has 0 radical (unpaired) electrons. The lowest BCUT2D eigenvalue weighted by atomic mass is 10.1. The van der Waals surface area contributed by atoms with Gasteiger partial charge < -0.3 is 18.7 Å². The Hall–Kier alpha value is -5.70. The zero-order chi connectivity index (χ0) is 36.7. The van der Waals surface area contributed by atoms with Crippen LogP contribution >= 0.6 is 0 Å². The molecule has 6 bridgehead atoms. The van der Waals surface area contributed by atoms with Crippen molar-refractivity contribution in [3.05, 3.63) is 130 Å². The molecule has 4 aromatic carbocycles. The summed E-state index contributed by atoms with van der Waals surface area (Å²) in [5.41, 5.74) is 4.89. The Morgan fingerprint density at radius 2 is 0.907 bits per heavy atom. The largest absolute Gasteiger partial charge is 0.603 e. The van der Waals surface area contributed by atoms with Gasteiger partial charge in [0.05, 0.1) is 6.10 Å². The fourth-order valence-corrected chi connectivity index (χ4v) is 11.5. The maximum absolute atomic E-state index is 7.80. The molecule has 2 aromatic heterocycles. The van der Waals surface area contributed by atoms with Crippen LogP contribution in [0.3, 0.4) is 0 Å². The molecule has 0 amide bonds. The SMILES string of the molecule is CCO[Si]1(OC(CN(C)C)CN(C)C)n2c3c4ccccc4c2N=C2N=C(N=c4c5ccccc5c(n41)=NC1=NC(=N3)c3ccccc31)c1ccccc12. The van der Waals surface area contributed by atoms with Crippen LogP contribution in [0.5, 0.6) is 0 Å². The Kier molecular flexibility index (Phi) is 7.58. The van der Waals surface area contributed by atoms with Gasteiger partial charge in [0.15, 0.2) is 23.3 Å². The Bertz CT molecular complexity index is 2640. The number of amidine groups is 4. The van der Waals surface area contributed by atoms with Crippen LogP contribution < -0.4 is 11.0 Å².